The monoisotopic (exact) mass is 620 g/mol. The molecule has 0 radical (unpaired) electrons. The highest BCUT2D eigenvalue weighted by atomic mass is 16.3. The quantitative estimate of drug-likeness (QED) is 0.196. The van der Waals surface area contributed by atoms with Crippen LogP contribution in [0.5, 0.6) is 0 Å². The summed E-state index contributed by atoms with van der Waals surface area (Å²) in [7, 11) is 0. The Labute approximate surface area is 278 Å². The lowest BCUT2D eigenvalue weighted by Gasteiger charge is -2.28. The average molecular weight is 621 g/mol. The summed E-state index contributed by atoms with van der Waals surface area (Å²) in [4.78, 5) is 7.26. The van der Waals surface area contributed by atoms with Crippen molar-refractivity contribution in [2.45, 2.75) is 25.7 Å². The Morgan fingerprint density at radius 1 is 0.688 bits per heavy atom. The number of hydrogen-bond donors (Lipinski definition) is 0. The summed E-state index contributed by atoms with van der Waals surface area (Å²) in [6.07, 6.45) is 11.7. The first-order chi connectivity index (χ1) is 23.5. The fourth-order valence-corrected chi connectivity index (χ4v) is 7.96. The van der Waals surface area contributed by atoms with Crippen LogP contribution in [0.15, 0.2) is 142 Å². The number of rotatable bonds is 4. The molecule has 7 aromatic rings. The molecule has 0 N–H and O–H groups in total. The van der Waals surface area contributed by atoms with E-state index < -0.39 is 0 Å². The fourth-order valence-electron chi connectivity index (χ4n) is 7.96. The molecular weight excluding hydrogens is 588 g/mol. The Kier molecular flexibility index (Phi) is 5.72. The van der Waals surface area contributed by atoms with Crippen molar-refractivity contribution in [1.82, 2.24) is 4.98 Å². The zero-order valence-electron chi connectivity index (χ0n) is 26.8. The molecule has 0 saturated carbocycles. The third kappa shape index (κ3) is 3.99. The fraction of sp³-hybridized carbons (Fsp3) is 0.114. The number of para-hydroxylation sites is 1. The maximum Gasteiger partial charge on any atom is 0.227 e. The van der Waals surface area contributed by atoms with Crippen molar-refractivity contribution in [1.29, 1.82) is 0 Å². The first-order valence-electron chi connectivity index (χ1n) is 16.7. The van der Waals surface area contributed by atoms with Gasteiger partial charge in [0.1, 0.15) is 16.5 Å². The molecule has 1 unspecified atom stereocenters. The lowest BCUT2D eigenvalue weighted by Crippen LogP contribution is -2.30. The number of oxazole rings is 1. The average Bonchev–Trinajstić information content (AvgIpc) is 3.80. The summed E-state index contributed by atoms with van der Waals surface area (Å²) in [5.74, 6) is 1.00. The largest absolute Gasteiger partial charge is 0.456 e. The van der Waals surface area contributed by atoms with Crippen LogP contribution in [-0.4, -0.2) is 4.98 Å². The van der Waals surface area contributed by atoms with E-state index in [1.165, 1.54) is 27.8 Å². The Hall–Kier alpha value is -5.87. The van der Waals surface area contributed by atoms with E-state index >= 15 is 0 Å². The van der Waals surface area contributed by atoms with Crippen LogP contribution in [0.4, 0.5) is 17.1 Å². The third-order valence-corrected chi connectivity index (χ3v) is 10.4. The van der Waals surface area contributed by atoms with Gasteiger partial charge in [0.05, 0.1) is 0 Å². The first-order valence-corrected chi connectivity index (χ1v) is 16.7. The molecule has 5 aromatic carbocycles. The molecule has 4 heteroatoms. The minimum atomic E-state index is -0.108. The maximum atomic E-state index is 6.43. The number of allylic oxidation sites excluding steroid dienone is 4. The SMILES string of the molecule is CC1(C)c2ccccc2-c2ccc(N(c3ccc(-c4nc5c(o4)=C4C=CC=CC4CC=5)cc3)c3ccc4oc5ccccc5c4c3)cc21. The molecular formula is C44H32N2O2. The normalized spacial score (nSPS) is 16.8. The third-order valence-electron chi connectivity index (χ3n) is 10.4. The molecule has 3 aliphatic carbocycles. The van der Waals surface area contributed by atoms with Crippen LogP contribution < -0.4 is 15.7 Å². The van der Waals surface area contributed by atoms with Crippen LogP contribution in [0.2, 0.25) is 0 Å². The highest BCUT2D eigenvalue weighted by molar-refractivity contribution is 6.06. The summed E-state index contributed by atoms with van der Waals surface area (Å²) >= 11 is 0. The Balaban J connectivity index is 1.12. The molecule has 0 amide bonds. The number of hydrogen-bond acceptors (Lipinski definition) is 4. The van der Waals surface area contributed by atoms with Crippen LogP contribution in [-0.2, 0) is 5.41 Å². The summed E-state index contributed by atoms with van der Waals surface area (Å²) < 4.78 is 12.6. The zero-order chi connectivity index (χ0) is 32.0. The number of anilines is 3. The Morgan fingerprint density at radius 3 is 2.35 bits per heavy atom. The topological polar surface area (TPSA) is 42.4 Å². The van der Waals surface area contributed by atoms with Gasteiger partial charge >= 0.3 is 0 Å². The lowest BCUT2D eigenvalue weighted by atomic mass is 9.82. The van der Waals surface area contributed by atoms with Crippen LogP contribution in [0.25, 0.3) is 56.2 Å². The van der Waals surface area contributed by atoms with Crippen LogP contribution in [0.3, 0.4) is 0 Å². The maximum absolute atomic E-state index is 6.43. The molecule has 48 heavy (non-hydrogen) atoms. The van der Waals surface area contributed by atoms with Gasteiger partial charge in [-0.2, -0.15) is 0 Å². The van der Waals surface area contributed by atoms with E-state index in [-0.39, 0.29) is 5.41 Å². The van der Waals surface area contributed by atoms with Gasteiger partial charge in [-0.1, -0.05) is 92.8 Å². The van der Waals surface area contributed by atoms with Gasteiger partial charge < -0.3 is 13.7 Å². The molecule has 4 nitrogen and oxygen atoms in total. The van der Waals surface area contributed by atoms with Gasteiger partial charge in [0.25, 0.3) is 0 Å². The van der Waals surface area contributed by atoms with Crippen LogP contribution in [0.1, 0.15) is 31.4 Å². The molecule has 0 aliphatic heterocycles. The van der Waals surface area contributed by atoms with E-state index in [0.29, 0.717) is 11.8 Å². The highest BCUT2D eigenvalue weighted by Crippen LogP contribution is 2.50. The molecule has 1 atom stereocenters. The molecule has 0 saturated heterocycles. The van der Waals surface area contributed by atoms with Gasteiger partial charge in [-0.3, -0.25) is 0 Å². The van der Waals surface area contributed by atoms with Crippen molar-refractivity contribution >= 4 is 50.6 Å². The molecule has 2 heterocycles. The Morgan fingerprint density at radius 2 is 1.44 bits per heavy atom. The molecule has 2 aromatic heterocycles. The van der Waals surface area contributed by atoms with E-state index in [2.05, 4.69) is 146 Å². The summed E-state index contributed by atoms with van der Waals surface area (Å²) in [5.41, 5.74) is 13.3. The zero-order valence-corrected chi connectivity index (χ0v) is 26.8. The van der Waals surface area contributed by atoms with Crippen LogP contribution in [0, 0.1) is 5.92 Å². The van der Waals surface area contributed by atoms with Gasteiger partial charge in [-0.05, 0) is 89.3 Å². The standard InChI is InChI=1S/C44H32N2O2/c1-44(2)37-13-7-5-11-33(37)34-22-20-31(26-38(34)44)46(30-21-24-41-36(25-30)35-12-6-8-14-40(35)47-41)29-18-15-28(16-19-29)43-45-39-23-17-27-9-3-4-10-32(27)42(39)48-43/h3-16,18-27H,17H2,1-2H3. The summed E-state index contributed by atoms with van der Waals surface area (Å²) in [6.45, 7) is 4.66. The van der Waals surface area contributed by atoms with Gasteiger partial charge in [-0.25, -0.2) is 4.98 Å². The molecule has 0 spiro atoms. The van der Waals surface area contributed by atoms with Gasteiger partial charge in [0.15, 0.2) is 5.42 Å². The van der Waals surface area contributed by atoms with E-state index in [1.54, 1.807) is 0 Å². The van der Waals surface area contributed by atoms with Crippen molar-refractivity contribution in [2.24, 2.45) is 5.92 Å². The van der Waals surface area contributed by atoms with Crippen molar-refractivity contribution in [3.05, 3.63) is 155 Å². The van der Waals surface area contributed by atoms with E-state index in [9.17, 15) is 0 Å². The van der Waals surface area contributed by atoms with Gasteiger partial charge in [-0.15, -0.1) is 0 Å². The number of aromatic nitrogens is 1. The number of fused-ring (bicyclic) bond motifs is 8. The summed E-state index contributed by atoms with van der Waals surface area (Å²) in [6, 6.07) is 39.0. The molecule has 3 aliphatic rings. The van der Waals surface area contributed by atoms with Crippen molar-refractivity contribution in [3.63, 3.8) is 0 Å². The smallest absolute Gasteiger partial charge is 0.227 e. The second-order valence-corrected chi connectivity index (χ2v) is 13.5. The summed E-state index contributed by atoms with van der Waals surface area (Å²) in [5, 5.41) is 3.15. The van der Waals surface area contributed by atoms with Crippen molar-refractivity contribution in [2.75, 3.05) is 4.90 Å². The minimum Gasteiger partial charge on any atom is -0.456 e. The van der Waals surface area contributed by atoms with Gasteiger partial charge in [0, 0.05) is 50.3 Å². The van der Waals surface area contributed by atoms with E-state index in [1.807, 2.05) is 12.1 Å². The predicted molar refractivity (Wildman–Crippen MR) is 195 cm³/mol. The molecule has 0 fully saturated rings. The highest BCUT2D eigenvalue weighted by Gasteiger charge is 2.35. The van der Waals surface area contributed by atoms with Crippen molar-refractivity contribution < 1.29 is 8.83 Å². The molecule has 10 rings (SSSR count). The van der Waals surface area contributed by atoms with E-state index in [0.717, 1.165) is 61.7 Å². The van der Waals surface area contributed by atoms with Crippen LogP contribution >= 0.6 is 0 Å². The molecule has 230 valence electrons. The molecule has 0 bridgehead atoms. The number of benzene rings is 5. The second kappa shape index (κ2) is 10.1. The van der Waals surface area contributed by atoms with E-state index in [4.69, 9.17) is 13.8 Å². The van der Waals surface area contributed by atoms with Gasteiger partial charge in [0.2, 0.25) is 5.89 Å². The predicted octanol–water partition coefficient (Wildman–Crippen LogP) is 10.1. The first kappa shape index (κ1) is 27.3. The lowest BCUT2D eigenvalue weighted by molar-refractivity contribution is 0.531. The van der Waals surface area contributed by atoms with Crippen molar-refractivity contribution in [3.8, 4) is 22.6 Å². The Bertz CT molecular complexity index is 2630. The minimum absolute atomic E-state index is 0.108. The number of nitrogens with zero attached hydrogens (tertiary/aromatic N) is 2. The second-order valence-electron chi connectivity index (χ2n) is 13.5. The number of furan rings is 1.